The molecule has 2 aliphatic heterocycles. The van der Waals surface area contributed by atoms with Gasteiger partial charge in [-0.05, 0) is 33.6 Å². The van der Waals surface area contributed by atoms with Crippen molar-refractivity contribution in [1.29, 1.82) is 0 Å². The van der Waals surface area contributed by atoms with Gasteiger partial charge in [0.25, 0.3) is 5.91 Å². The van der Waals surface area contributed by atoms with Crippen LogP contribution in [-0.2, 0) is 9.53 Å². The number of carbonyl (C=O) groups excluding carboxylic acids is 2. The standard InChI is InChI=1S/C13H20F2N2O3/c1-12(2,3)20-11(19)17-7-5-13(17)4-6-16(8-13)10(18)9(14)15/h9H,4-8H2,1-3H3. The minimum absolute atomic E-state index is 0.176. The minimum Gasteiger partial charge on any atom is -0.444 e. The second-order valence-corrected chi connectivity index (χ2v) is 6.42. The van der Waals surface area contributed by atoms with E-state index in [0.29, 0.717) is 13.0 Å². The number of rotatable bonds is 1. The summed E-state index contributed by atoms with van der Waals surface area (Å²) >= 11 is 0. The maximum absolute atomic E-state index is 12.4. The van der Waals surface area contributed by atoms with Crippen LogP contribution in [0.3, 0.4) is 0 Å². The van der Waals surface area contributed by atoms with Crippen LogP contribution in [0.4, 0.5) is 13.6 Å². The van der Waals surface area contributed by atoms with Crippen molar-refractivity contribution in [2.75, 3.05) is 19.6 Å². The predicted molar refractivity (Wildman–Crippen MR) is 67.5 cm³/mol. The number of amides is 2. The third-order valence-corrected chi connectivity index (χ3v) is 3.82. The summed E-state index contributed by atoms with van der Waals surface area (Å²) in [5.41, 5.74) is -1.10. The smallest absolute Gasteiger partial charge is 0.410 e. The number of likely N-dealkylation sites (tertiary alicyclic amines) is 2. The van der Waals surface area contributed by atoms with Crippen molar-refractivity contribution in [3.8, 4) is 0 Å². The zero-order valence-electron chi connectivity index (χ0n) is 12.0. The van der Waals surface area contributed by atoms with Gasteiger partial charge in [0.15, 0.2) is 0 Å². The highest BCUT2D eigenvalue weighted by Gasteiger charge is 2.54. The molecule has 0 aliphatic carbocycles. The van der Waals surface area contributed by atoms with Crippen molar-refractivity contribution < 1.29 is 23.1 Å². The zero-order chi connectivity index (χ0) is 15.1. The molecular formula is C13H20F2N2O3. The van der Waals surface area contributed by atoms with E-state index in [4.69, 9.17) is 4.74 Å². The predicted octanol–water partition coefficient (Wildman–Crippen LogP) is 1.86. The van der Waals surface area contributed by atoms with E-state index in [1.165, 1.54) is 0 Å². The van der Waals surface area contributed by atoms with E-state index < -0.39 is 29.6 Å². The fraction of sp³-hybridized carbons (Fsp3) is 0.846. The first-order chi connectivity index (χ1) is 9.15. The van der Waals surface area contributed by atoms with Crippen LogP contribution >= 0.6 is 0 Å². The Labute approximate surface area is 116 Å². The van der Waals surface area contributed by atoms with Gasteiger partial charge in [-0.25, -0.2) is 4.79 Å². The van der Waals surface area contributed by atoms with Crippen molar-refractivity contribution in [2.24, 2.45) is 0 Å². The highest BCUT2D eigenvalue weighted by Crippen LogP contribution is 2.40. The van der Waals surface area contributed by atoms with Gasteiger partial charge >= 0.3 is 12.5 Å². The molecule has 5 nitrogen and oxygen atoms in total. The van der Waals surface area contributed by atoms with Crippen molar-refractivity contribution in [2.45, 2.75) is 51.2 Å². The lowest BCUT2D eigenvalue weighted by Gasteiger charge is -2.50. The summed E-state index contributed by atoms with van der Waals surface area (Å²) in [6, 6.07) is 0. The molecule has 0 saturated carbocycles. The first-order valence-corrected chi connectivity index (χ1v) is 6.72. The Morgan fingerprint density at radius 2 is 1.80 bits per heavy atom. The summed E-state index contributed by atoms with van der Waals surface area (Å²) in [5.74, 6) is -1.15. The molecule has 2 saturated heterocycles. The first-order valence-electron chi connectivity index (χ1n) is 6.72. The molecule has 114 valence electrons. The lowest BCUT2D eigenvalue weighted by molar-refractivity contribution is -0.142. The molecule has 0 N–H and O–H groups in total. The number of carbonyl (C=O) groups is 2. The van der Waals surface area contributed by atoms with Gasteiger partial charge in [0.2, 0.25) is 0 Å². The molecule has 7 heteroatoms. The number of hydrogen-bond acceptors (Lipinski definition) is 3. The van der Waals surface area contributed by atoms with Crippen molar-refractivity contribution >= 4 is 12.0 Å². The van der Waals surface area contributed by atoms with Gasteiger partial charge in [-0.15, -0.1) is 0 Å². The summed E-state index contributed by atoms with van der Waals surface area (Å²) in [6.45, 7) is 6.32. The molecule has 1 atom stereocenters. The molecule has 2 amide bonds. The second kappa shape index (κ2) is 4.86. The van der Waals surface area contributed by atoms with E-state index in [0.717, 1.165) is 11.3 Å². The van der Waals surface area contributed by atoms with Crippen LogP contribution in [-0.4, -0.2) is 59.0 Å². The number of ether oxygens (including phenoxy) is 1. The highest BCUT2D eigenvalue weighted by atomic mass is 19.3. The molecule has 0 radical (unpaired) electrons. The van der Waals surface area contributed by atoms with Crippen LogP contribution in [0.25, 0.3) is 0 Å². The van der Waals surface area contributed by atoms with Gasteiger partial charge < -0.3 is 14.5 Å². The summed E-state index contributed by atoms with van der Waals surface area (Å²) in [5, 5.41) is 0. The minimum atomic E-state index is -2.99. The first kappa shape index (κ1) is 15.0. The van der Waals surface area contributed by atoms with Gasteiger partial charge in [-0.3, -0.25) is 4.79 Å². The summed E-state index contributed by atoms with van der Waals surface area (Å²) in [7, 11) is 0. The van der Waals surface area contributed by atoms with E-state index in [9.17, 15) is 18.4 Å². The Bertz CT molecular complexity index is 422. The molecule has 0 aromatic rings. The summed E-state index contributed by atoms with van der Waals surface area (Å²) < 4.78 is 30.2. The SMILES string of the molecule is CC(C)(C)OC(=O)N1CCC12CCN(C(=O)C(F)F)C2. The Hall–Kier alpha value is -1.40. The average Bonchev–Trinajstić information content (AvgIpc) is 2.70. The van der Waals surface area contributed by atoms with E-state index in [2.05, 4.69) is 0 Å². The van der Waals surface area contributed by atoms with E-state index in [1.807, 2.05) is 0 Å². The van der Waals surface area contributed by atoms with Gasteiger partial charge in [-0.2, -0.15) is 8.78 Å². The quantitative estimate of drug-likeness (QED) is 0.740. The van der Waals surface area contributed by atoms with E-state index in [1.54, 1.807) is 25.7 Å². The van der Waals surface area contributed by atoms with Gasteiger partial charge in [-0.1, -0.05) is 0 Å². The van der Waals surface area contributed by atoms with Gasteiger partial charge in [0.1, 0.15) is 5.60 Å². The third-order valence-electron chi connectivity index (χ3n) is 3.82. The Morgan fingerprint density at radius 3 is 2.25 bits per heavy atom. The fourth-order valence-corrected chi connectivity index (χ4v) is 2.75. The zero-order valence-corrected chi connectivity index (χ0v) is 12.0. The normalized spacial score (nSPS) is 26.1. The Kier molecular flexibility index (Phi) is 3.64. The molecule has 20 heavy (non-hydrogen) atoms. The average molecular weight is 290 g/mol. The van der Waals surface area contributed by atoms with Crippen LogP contribution in [0.1, 0.15) is 33.6 Å². The molecule has 2 heterocycles. The fourth-order valence-electron chi connectivity index (χ4n) is 2.75. The molecule has 1 unspecified atom stereocenters. The number of halogens is 2. The molecule has 0 aromatic carbocycles. The van der Waals surface area contributed by atoms with Crippen molar-refractivity contribution in [3.05, 3.63) is 0 Å². The molecule has 1 spiro atoms. The lowest BCUT2D eigenvalue weighted by Crippen LogP contribution is -2.64. The molecule has 0 aromatic heterocycles. The molecule has 2 rings (SSSR count). The molecule has 2 aliphatic rings. The number of nitrogens with zero attached hydrogens (tertiary/aromatic N) is 2. The maximum atomic E-state index is 12.4. The largest absolute Gasteiger partial charge is 0.444 e. The summed E-state index contributed by atoms with van der Waals surface area (Å²) in [6.07, 6.45) is -2.17. The van der Waals surface area contributed by atoms with Crippen molar-refractivity contribution in [1.82, 2.24) is 9.80 Å². The molecule has 0 bridgehead atoms. The number of alkyl halides is 2. The Balaban J connectivity index is 2.00. The highest BCUT2D eigenvalue weighted by molar-refractivity contribution is 5.80. The molecule has 2 fully saturated rings. The monoisotopic (exact) mass is 290 g/mol. The van der Waals surface area contributed by atoms with E-state index >= 15 is 0 Å². The second-order valence-electron chi connectivity index (χ2n) is 6.42. The number of hydrogen-bond donors (Lipinski definition) is 0. The van der Waals surface area contributed by atoms with Crippen LogP contribution in [0.15, 0.2) is 0 Å². The van der Waals surface area contributed by atoms with E-state index in [-0.39, 0.29) is 13.1 Å². The van der Waals surface area contributed by atoms with Crippen LogP contribution in [0.5, 0.6) is 0 Å². The maximum Gasteiger partial charge on any atom is 0.410 e. The van der Waals surface area contributed by atoms with Gasteiger partial charge in [0.05, 0.1) is 5.54 Å². The Morgan fingerprint density at radius 1 is 1.20 bits per heavy atom. The van der Waals surface area contributed by atoms with Crippen LogP contribution < -0.4 is 0 Å². The molecular weight excluding hydrogens is 270 g/mol. The van der Waals surface area contributed by atoms with Crippen LogP contribution in [0.2, 0.25) is 0 Å². The topological polar surface area (TPSA) is 49.9 Å². The lowest BCUT2D eigenvalue weighted by atomic mass is 9.84. The third kappa shape index (κ3) is 2.71. The van der Waals surface area contributed by atoms with Crippen LogP contribution in [0, 0.1) is 0 Å². The summed E-state index contributed by atoms with van der Waals surface area (Å²) in [4.78, 5) is 26.1. The van der Waals surface area contributed by atoms with Crippen molar-refractivity contribution in [3.63, 3.8) is 0 Å². The van der Waals surface area contributed by atoms with Gasteiger partial charge in [0, 0.05) is 19.6 Å².